The lowest BCUT2D eigenvalue weighted by Gasteiger charge is -2.09. The number of hydrogen-bond acceptors (Lipinski definition) is 3. The summed E-state index contributed by atoms with van der Waals surface area (Å²) in [6.45, 7) is 2.12. The van der Waals surface area contributed by atoms with Crippen molar-refractivity contribution >= 4 is 21.4 Å². The molecule has 0 saturated carbocycles. The zero-order chi connectivity index (χ0) is 15.3. The molecule has 0 aromatic heterocycles. The average molecular weight is 304 g/mol. The van der Waals surface area contributed by atoms with Crippen molar-refractivity contribution in [2.24, 2.45) is 0 Å². The summed E-state index contributed by atoms with van der Waals surface area (Å²) in [6, 6.07) is 14.1. The molecule has 0 atom stereocenters. The van der Waals surface area contributed by atoms with E-state index in [4.69, 9.17) is 0 Å². The standard InChI is InChI=1S/C16H20N2O2S/c1-3-4-13-5-7-15(8-6-13)18-21(19,20)16-11-9-14(17-2)10-12-16/h5-12,17-18H,3-4H2,1-2H3. The lowest BCUT2D eigenvalue weighted by atomic mass is 10.1. The average Bonchev–Trinajstić information content (AvgIpc) is 2.49. The number of rotatable bonds is 6. The minimum absolute atomic E-state index is 0.249. The lowest BCUT2D eigenvalue weighted by molar-refractivity contribution is 0.601. The molecule has 0 aliphatic heterocycles. The zero-order valence-electron chi connectivity index (χ0n) is 12.3. The fraction of sp³-hybridized carbons (Fsp3) is 0.250. The summed E-state index contributed by atoms with van der Waals surface area (Å²) in [4.78, 5) is 0.249. The Morgan fingerprint density at radius 3 is 2.00 bits per heavy atom. The highest BCUT2D eigenvalue weighted by molar-refractivity contribution is 7.92. The quantitative estimate of drug-likeness (QED) is 0.859. The van der Waals surface area contributed by atoms with Crippen molar-refractivity contribution in [1.82, 2.24) is 0 Å². The minimum Gasteiger partial charge on any atom is -0.388 e. The number of hydrogen-bond donors (Lipinski definition) is 2. The molecule has 2 aromatic carbocycles. The third-order valence-electron chi connectivity index (χ3n) is 3.20. The van der Waals surface area contributed by atoms with Gasteiger partial charge in [0.05, 0.1) is 4.90 Å². The number of sulfonamides is 1. The summed E-state index contributed by atoms with van der Waals surface area (Å²) < 4.78 is 27.2. The van der Waals surface area contributed by atoms with Crippen molar-refractivity contribution in [3.63, 3.8) is 0 Å². The number of benzene rings is 2. The van der Waals surface area contributed by atoms with Gasteiger partial charge in [-0.05, 0) is 48.4 Å². The molecule has 2 rings (SSSR count). The van der Waals surface area contributed by atoms with Gasteiger partial charge in [-0.25, -0.2) is 8.42 Å². The molecule has 112 valence electrons. The predicted octanol–water partition coefficient (Wildman–Crippen LogP) is 3.48. The van der Waals surface area contributed by atoms with E-state index in [-0.39, 0.29) is 4.90 Å². The first-order chi connectivity index (χ1) is 10.0. The van der Waals surface area contributed by atoms with Gasteiger partial charge in [-0.2, -0.15) is 0 Å². The van der Waals surface area contributed by atoms with Gasteiger partial charge in [0, 0.05) is 18.4 Å². The molecule has 0 aliphatic carbocycles. The number of aryl methyl sites for hydroxylation is 1. The number of anilines is 2. The van der Waals surface area contributed by atoms with Crippen LogP contribution >= 0.6 is 0 Å². The van der Waals surface area contributed by atoms with Gasteiger partial charge in [-0.3, -0.25) is 4.72 Å². The van der Waals surface area contributed by atoms with Crippen LogP contribution in [-0.2, 0) is 16.4 Å². The van der Waals surface area contributed by atoms with Crippen molar-refractivity contribution < 1.29 is 8.42 Å². The third-order valence-corrected chi connectivity index (χ3v) is 4.60. The molecule has 0 bridgehead atoms. The lowest BCUT2D eigenvalue weighted by Crippen LogP contribution is -2.12. The van der Waals surface area contributed by atoms with E-state index in [1.807, 2.05) is 12.1 Å². The van der Waals surface area contributed by atoms with Crippen molar-refractivity contribution in [2.75, 3.05) is 17.1 Å². The minimum atomic E-state index is -3.54. The number of nitrogens with one attached hydrogen (secondary N) is 2. The molecule has 2 N–H and O–H groups in total. The van der Waals surface area contributed by atoms with Crippen LogP contribution in [-0.4, -0.2) is 15.5 Å². The molecule has 0 aliphatic rings. The largest absolute Gasteiger partial charge is 0.388 e. The van der Waals surface area contributed by atoms with Gasteiger partial charge in [0.1, 0.15) is 0 Å². The topological polar surface area (TPSA) is 58.2 Å². The molecule has 0 unspecified atom stereocenters. The van der Waals surface area contributed by atoms with Crippen LogP contribution < -0.4 is 10.0 Å². The van der Waals surface area contributed by atoms with E-state index in [0.29, 0.717) is 5.69 Å². The maximum atomic E-state index is 12.3. The molecule has 5 heteroatoms. The Bertz CT molecular complexity index is 677. The second-order valence-corrected chi connectivity index (χ2v) is 6.51. The molecule has 0 amide bonds. The molecule has 0 fully saturated rings. The highest BCUT2D eigenvalue weighted by Gasteiger charge is 2.13. The van der Waals surface area contributed by atoms with Crippen molar-refractivity contribution in [1.29, 1.82) is 0 Å². The van der Waals surface area contributed by atoms with Crippen molar-refractivity contribution in [3.8, 4) is 0 Å². The van der Waals surface area contributed by atoms with Crippen LogP contribution in [0.4, 0.5) is 11.4 Å². The smallest absolute Gasteiger partial charge is 0.261 e. The first-order valence-electron chi connectivity index (χ1n) is 6.94. The molecular formula is C16H20N2O2S. The first kappa shape index (κ1) is 15.4. The summed E-state index contributed by atoms with van der Waals surface area (Å²) in [5, 5.41) is 2.96. The fourth-order valence-electron chi connectivity index (χ4n) is 2.04. The van der Waals surface area contributed by atoms with Crippen LogP contribution in [0.5, 0.6) is 0 Å². The Kier molecular flexibility index (Phi) is 4.85. The van der Waals surface area contributed by atoms with Crippen LogP contribution in [0.1, 0.15) is 18.9 Å². The van der Waals surface area contributed by atoms with E-state index in [1.165, 1.54) is 5.56 Å². The molecule has 2 aromatic rings. The van der Waals surface area contributed by atoms with Gasteiger partial charge in [0.2, 0.25) is 0 Å². The van der Waals surface area contributed by atoms with E-state index in [1.54, 1.807) is 43.4 Å². The summed E-state index contributed by atoms with van der Waals surface area (Å²) in [6.07, 6.45) is 2.07. The third kappa shape index (κ3) is 3.98. The Balaban J connectivity index is 2.16. The molecular weight excluding hydrogens is 284 g/mol. The first-order valence-corrected chi connectivity index (χ1v) is 8.43. The van der Waals surface area contributed by atoms with Crippen LogP contribution in [0.15, 0.2) is 53.4 Å². The van der Waals surface area contributed by atoms with Gasteiger partial charge in [-0.15, -0.1) is 0 Å². The normalized spacial score (nSPS) is 11.1. The highest BCUT2D eigenvalue weighted by atomic mass is 32.2. The van der Waals surface area contributed by atoms with Crippen LogP contribution in [0.2, 0.25) is 0 Å². The Hall–Kier alpha value is -2.01. The van der Waals surface area contributed by atoms with Gasteiger partial charge >= 0.3 is 0 Å². The molecule has 0 saturated heterocycles. The van der Waals surface area contributed by atoms with E-state index in [9.17, 15) is 8.42 Å². The molecule has 0 radical (unpaired) electrons. The second-order valence-electron chi connectivity index (χ2n) is 4.83. The fourth-order valence-corrected chi connectivity index (χ4v) is 3.10. The van der Waals surface area contributed by atoms with E-state index < -0.39 is 10.0 Å². The van der Waals surface area contributed by atoms with E-state index in [2.05, 4.69) is 17.0 Å². The van der Waals surface area contributed by atoms with Gasteiger partial charge in [0.15, 0.2) is 0 Å². The Morgan fingerprint density at radius 1 is 0.905 bits per heavy atom. The second kappa shape index (κ2) is 6.63. The summed E-state index contributed by atoms with van der Waals surface area (Å²) in [5.41, 5.74) is 2.66. The zero-order valence-corrected chi connectivity index (χ0v) is 13.1. The SMILES string of the molecule is CCCc1ccc(NS(=O)(=O)c2ccc(NC)cc2)cc1. The predicted molar refractivity (Wildman–Crippen MR) is 87.2 cm³/mol. The molecule has 21 heavy (non-hydrogen) atoms. The van der Waals surface area contributed by atoms with Crippen molar-refractivity contribution in [2.45, 2.75) is 24.7 Å². The summed E-state index contributed by atoms with van der Waals surface area (Å²) in [7, 11) is -1.75. The van der Waals surface area contributed by atoms with Gasteiger partial charge < -0.3 is 5.32 Å². The van der Waals surface area contributed by atoms with Crippen LogP contribution in [0, 0.1) is 0 Å². The maximum Gasteiger partial charge on any atom is 0.261 e. The van der Waals surface area contributed by atoms with Gasteiger partial charge in [-0.1, -0.05) is 25.5 Å². The molecule has 0 spiro atoms. The van der Waals surface area contributed by atoms with Crippen LogP contribution in [0.3, 0.4) is 0 Å². The van der Waals surface area contributed by atoms with Crippen LogP contribution in [0.25, 0.3) is 0 Å². The monoisotopic (exact) mass is 304 g/mol. The Labute approximate surface area is 126 Å². The van der Waals surface area contributed by atoms with E-state index in [0.717, 1.165) is 18.5 Å². The Morgan fingerprint density at radius 2 is 1.48 bits per heavy atom. The maximum absolute atomic E-state index is 12.3. The molecule has 0 heterocycles. The summed E-state index contributed by atoms with van der Waals surface area (Å²) >= 11 is 0. The highest BCUT2D eigenvalue weighted by Crippen LogP contribution is 2.18. The molecule has 4 nitrogen and oxygen atoms in total. The van der Waals surface area contributed by atoms with Gasteiger partial charge in [0.25, 0.3) is 10.0 Å². The van der Waals surface area contributed by atoms with E-state index >= 15 is 0 Å². The van der Waals surface area contributed by atoms with Crippen molar-refractivity contribution in [3.05, 3.63) is 54.1 Å². The summed E-state index contributed by atoms with van der Waals surface area (Å²) in [5.74, 6) is 0.